The first-order valence-electron chi connectivity index (χ1n) is 10.3. The van der Waals surface area contributed by atoms with E-state index >= 15 is 0 Å². The van der Waals surface area contributed by atoms with Gasteiger partial charge in [0.05, 0.1) is 6.61 Å². The van der Waals surface area contributed by atoms with Crippen LogP contribution in [-0.4, -0.2) is 74.6 Å². The van der Waals surface area contributed by atoms with Crippen LogP contribution in [0.1, 0.15) is 37.7 Å². The van der Waals surface area contributed by atoms with Gasteiger partial charge < -0.3 is 14.8 Å². The summed E-state index contributed by atoms with van der Waals surface area (Å²) < 4.78 is 11.8. The molecule has 0 aromatic heterocycles. The normalized spacial score (nSPS) is 30.6. The molecule has 3 aliphatic heterocycles. The summed E-state index contributed by atoms with van der Waals surface area (Å²) in [7, 11) is 2.16. The third kappa shape index (κ3) is 4.22. The van der Waals surface area contributed by atoms with Crippen LogP contribution in [0.2, 0.25) is 0 Å². The lowest BCUT2D eigenvalue weighted by molar-refractivity contribution is 0.124. The molecule has 3 fully saturated rings. The van der Waals surface area contributed by atoms with Crippen LogP contribution in [0.25, 0.3) is 0 Å². The molecule has 3 aliphatic rings. The Morgan fingerprint density at radius 2 is 1.92 bits per heavy atom. The molecule has 4 rings (SSSR count). The summed E-state index contributed by atoms with van der Waals surface area (Å²) in [5.41, 5.74) is 1.46. The highest BCUT2D eigenvalue weighted by atomic mass is 16.6. The van der Waals surface area contributed by atoms with Gasteiger partial charge in [0.25, 0.3) is 0 Å². The van der Waals surface area contributed by atoms with Crippen LogP contribution in [0, 0.1) is 0 Å². The Bertz CT molecular complexity index is 573. The number of piperidine rings is 1. The number of fused-ring (bicyclic) bond motifs is 1. The van der Waals surface area contributed by atoms with E-state index in [1.165, 1.54) is 18.4 Å². The van der Waals surface area contributed by atoms with Crippen molar-refractivity contribution in [3.63, 3.8) is 0 Å². The molecule has 1 N–H and O–H groups in total. The lowest BCUT2D eigenvalue weighted by Gasteiger charge is -2.27. The number of nitrogens with zero attached hydrogens (tertiary/aromatic N) is 2. The number of likely N-dealkylation sites (N-methyl/N-ethyl adjacent to an activating group) is 1. The summed E-state index contributed by atoms with van der Waals surface area (Å²) in [6.07, 6.45) is 4.29. The quantitative estimate of drug-likeness (QED) is 0.623. The molecule has 0 radical (unpaired) electrons. The molecule has 144 valence electrons. The standard InChI is InChI=1S/C21H33N3O2/c1-16-20-21(26-20)23(2)13-14-24(16)12-3-15-25-19-6-4-17(5-7-19)18-8-10-22-11-9-18/h4-7,16,18,20-22H,3,8-15H2,1-2H3/t16-,20?,21?/m1/s1. The fourth-order valence-corrected chi connectivity index (χ4v) is 4.41. The zero-order chi connectivity index (χ0) is 17.9. The topological polar surface area (TPSA) is 40.3 Å². The fraction of sp³-hybridized carbons (Fsp3) is 0.714. The minimum Gasteiger partial charge on any atom is -0.494 e. The van der Waals surface area contributed by atoms with Crippen molar-refractivity contribution in [2.45, 2.75) is 50.5 Å². The van der Waals surface area contributed by atoms with Crippen LogP contribution < -0.4 is 10.1 Å². The minimum atomic E-state index is 0.352. The molecule has 1 aromatic carbocycles. The molecule has 3 heterocycles. The maximum atomic E-state index is 5.98. The zero-order valence-electron chi connectivity index (χ0n) is 16.2. The van der Waals surface area contributed by atoms with Crippen molar-refractivity contribution in [2.24, 2.45) is 0 Å². The first kappa shape index (κ1) is 18.2. The number of epoxide rings is 1. The van der Waals surface area contributed by atoms with E-state index in [2.05, 4.69) is 53.4 Å². The van der Waals surface area contributed by atoms with Crippen LogP contribution in [0.4, 0.5) is 0 Å². The van der Waals surface area contributed by atoms with Crippen molar-refractivity contribution >= 4 is 0 Å². The molecule has 26 heavy (non-hydrogen) atoms. The number of rotatable bonds is 6. The first-order chi connectivity index (χ1) is 12.7. The fourth-order valence-electron chi connectivity index (χ4n) is 4.41. The summed E-state index contributed by atoms with van der Waals surface area (Å²) in [5, 5.41) is 3.43. The van der Waals surface area contributed by atoms with Crippen LogP contribution in [0.5, 0.6) is 5.75 Å². The maximum Gasteiger partial charge on any atom is 0.139 e. The molecular formula is C21H33N3O2. The third-order valence-corrected chi connectivity index (χ3v) is 6.28. The van der Waals surface area contributed by atoms with E-state index < -0.39 is 0 Å². The van der Waals surface area contributed by atoms with Gasteiger partial charge in [-0.25, -0.2) is 0 Å². The Morgan fingerprint density at radius 1 is 1.15 bits per heavy atom. The Labute approximate surface area is 157 Å². The van der Waals surface area contributed by atoms with E-state index in [1.54, 1.807) is 0 Å². The van der Waals surface area contributed by atoms with E-state index in [0.29, 0.717) is 24.3 Å². The van der Waals surface area contributed by atoms with Gasteiger partial charge in [0, 0.05) is 25.7 Å². The van der Waals surface area contributed by atoms with E-state index in [1.807, 2.05) is 0 Å². The molecule has 1 aromatic rings. The molecule has 3 atom stereocenters. The largest absolute Gasteiger partial charge is 0.494 e. The van der Waals surface area contributed by atoms with Gasteiger partial charge in [0.15, 0.2) is 0 Å². The molecule has 5 nitrogen and oxygen atoms in total. The van der Waals surface area contributed by atoms with Crippen LogP contribution in [-0.2, 0) is 4.74 Å². The average molecular weight is 360 g/mol. The summed E-state index contributed by atoms with van der Waals surface area (Å²) in [4.78, 5) is 4.89. The van der Waals surface area contributed by atoms with Crippen LogP contribution in [0.3, 0.4) is 0 Å². The Morgan fingerprint density at radius 3 is 2.69 bits per heavy atom. The SMILES string of the molecule is C[C@@H]1C2OC2N(C)CCN1CCCOc1ccc(C2CCNCC2)cc1. The van der Waals surface area contributed by atoms with Gasteiger partial charge in [-0.3, -0.25) is 9.80 Å². The Hall–Kier alpha value is -1.14. The lowest BCUT2D eigenvalue weighted by atomic mass is 9.90. The molecule has 0 amide bonds. The maximum absolute atomic E-state index is 5.98. The van der Waals surface area contributed by atoms with Gasteiger partial charge in [-0.15, -0.1) is 0 Å². The summed E-state index contributed by atoms with van der Waals surface area (Å²) in [5.74, 6) is 1.71. The van der Waals surface area contributed by atoms with E-state index in [4.69, 9.17) is 9.47 Å². The molecule has 5 heteroatoms. The third-order valence-electron chi connectivity index (χ3n) is 6.28. The summed E-state index contributed by atoms with van der Waals surface area (Å²) >= 11 is 0. The van der Waals surface area contributed by atoms with Crippen molar-refractivity contribution in [1.29, 1.82) is 0 Å². The molecule has 0 bridgehead atoms. The summed E-state index contributed by atoms with van der Waals surface area (Å²) in [6, 6.07) is 9.30. The highest BCUT2D eigenvalue weighted by Crippen LogP contribution is 2.32. The molecule has 0 aliphatic carbocycles. The van der Waals surface area contributed by atoms with Gasteiger partial charge >= 0.3 is 0 Å². The number of nitrogens with one attached hydrogen (secondary N) is 1. The van der Waals surface area contributed by atoms with Crippen molar-refractivity contribution in [1.82, 2.24) is 15.1 Å². The van der Waals surface area contributed by atoms with Gasteiger partial charge in [0.1, 0.15) is 18.1 Å². The predicted octanol–water partition coefficient (Wildman–Crippen LogP) is 2.28. The molecule has 3 saturated heterocycles. The highest BCUT2D eigenvalue weighted by Gasteiger charge is 2.49. The minimum absolute atomic E-state index is 0.352. The second-order valence-corrected chi connectivity index (χ2v) is 8.04. The monoisotopic (exact) mass is 359 g/mol. The van der Waals surface area contributed by atoms with Crippen LogP contribution in [0.15, 0.2) is 24.3 Å². The number of hydrogen-bond acceptors (Lipinski definition) is 5. The smallest absolute Gasteiger partial charge is 0.139 e. The van der Waals surface area contributed by atoms with E-state index in [-0.39, 0.29) is 0 Å². The number of ether oxygens (including phenoxy) is 2. The molecule has 2 unspecified atom stereocenters. The second-order valence-electron chi connectivity index (χ2n) is 8.04. The Kier molecular flexibility index (Phi) is 5.79. The van der Waals surface area contributed by atoms with Gasteiger partial charge in [-0.2, -0.15) is 0 Å². The zero-order valence-corrected chi connectivity index (χ0v) is 16.2. The summed E-state index contributed by atoms with van der Waals surface area (Å²) in [6.45, 7) is 8.64. The number of benzene rings is 1. The van der Waals surface area contributed by atoms with Crippen molar-refractivity contribution in [3.8, 4) is 5.75 Å². The van der Waals surface area contributed by atoms with Crippen molar-refractivity contribution in [2.75, 3.05) is 46.4 Å². The highest BCUT2D eigenvalue weighted by molar-refractivity contribution is 5.29. The van der Waals surface area contributed by atoms with Gasteiger partial charge in [-0.05, 0) is 69.9 Å². The van der Waals surface area contributed by atoms with Crippen molar-refractivity contribution < 1.29 is 9.47 Å². The van der Waals surface area contributed by atoms with E-state index in [9.17, 15) is 0 Å². The van der Waals surface area contributed by atoms with Crippen LogP contribution >= 0.6 is 0 Å². The predicted molar refractivity (Wildman–Crippen MR) is 104 cm³/mol. The molecule has 0 spiro atoms. The lowest BCUT2D eigenvalue weighted by Crippen LogP contribution is -2.39. The van der Waals surface area contributed by atoms with Gasteiger partial charge in [-0.1, -0.05) is 12.1 Å². The van der Waals surface area contributed by atoms with Gasteiger partial charge in [0.2, 0.25) is 0 Å². The average Bonchev–Trinajstić information content (AvgIpc) is 3.49. The van der Waals surface area contributed by atoms with Crippen molar-refractivity contribution in [3.05, 3.63) is 29.8 Å². The second kappa shape index (κ2) is 8.26. The molecule has 0 saturated carbocycles. The number of hydrogen-bond donors (Lipinski definition) is 1. The molecular weight excluding hydrogens is 326 g/mol. The Balaban J connectivity index is 1.20. The first-order valence-corrected chi connectivity index (χ1v) is 10.3. The van der Waals surface area contributed by atoms with E-state index in [0.717, 1.165) is 51.5 Å².